The van der Waals surface area contributed by atoms with Crippen LogP contribution in [0.25, 0.3) is 0 Å². The third-order valence-electron chi connectivity index (χ3n) is 3.83. The molecule has 5 heteroatoms. The number of likely N-dealkylation sites (tertiary alicyclic amines) is 1. The first kappa shape index (κ1) is 14.1. The molecule has 0 aliphatic carbocycles. The van der Waals surface area contributed by atoms with E-state index in [1.165, 1.54) is 6.20 Å². The Morgan fingerprint density at radius 1 is 1.58 bits per heavy atom. The minimum atomic E-state index is 0.0146. The van der Waals surface area contributed by atoms with Gasteiger partial charge in [0.1, 0.15) is 5.82 Å². The number of nitrogens with zero attached hydrogens (tertiary/aromatic N) is 2. The normalized spacial score (nSPS) is 22.6. The molecule has 1 aromatic rings. The molecule has 1 N–H and O–H groups in total. The maximum Gasteiger partial charge on any atom is 0.256 e. The van der Waals surface area contributed by atoms with Gasteiger partial charge in [-0.1, -0.05) is 18.5 Å². The van der Waals surface area contributed by atoms with Crippen LogP contribution in [0.5, 0.6) is 0 Å². The van der Waals surface area contributed by atoms with Gasteiger partial charge >= 0.3 is 0 Å². The van der Waals surface area contributed by atoms with Gasteiger partial charge in [-0.15, -0.1) is 0 Å². The topological polar surface area (TPSA) is 45.2 Å². The first-order chi connectivity index (χ1) is 9.08. The van der Waals surface area contributed by atoms with Crippen LogP contribution in [0.4, 0.5) is 5.82 Å². The van der Waals surface area contributed by atoms with Crippen molar-refractivity contribution in [2.45, 2.75) is 45.2 Å². The van der Waals surface area contributed by atoms with E-state index in [0.29, 0.717) is 22.4 Å². The highest BCUT2D eigenvalue weighted by atomic mass is 35.5. The van der Waals surface area contributed by atoms with E-state index in [1.807, 2.05) is 4.90 Å². The highest BCUT2D eigenvalue weighted by Gasteiger charge is 2.34. The average Bonchev–Trinajstić information content (AvgIpc) is 2.79. The minimum absolute atomic E-state index is 0.0146. The summed E-state index contributed by atoms with van der Waals surface area (Å²) in [7, 11) is 1.78. The van der Waals surface area contributed by atoms with Gasteiger partial charge in [-0.3, -0.25) is 4.79 Å². The number of pyridine rings is 1. The van der Waals surface area contributed by atoms with Crippen molar-refractivity contribution in [1.82, 2.24) is 9.88 Å². The molecule has 1 aliphatic heterocycles. The van der Waals surface area contributed by atoms with Crippen molar-refractivity contribution in [3.05, 3.63) is 22.8 Å². The lowest BCUT2D eigenvalue weighted by atomic mass is 10.1. The Labute approximate surface area is 119 Å². The fraction of sp³-hybridized carbons (Fsp3) is 0.571. The van der Waals surface area contributed by atoms with Crippen LogP contribution in [0.15, 0.2) is 12.3 Å². The number of hydrogen-bond acceptors (Lipinski definition) is 3. The number of aromatic nitrogens is 1. The number of halogens is 1. The SMILES string of the molecule is CCC1CCC(C)N1C(=O)c1cc(NC)ncc1Cl. The molecule has 0 bridgehead atoms. The van der Waals surface area contributed by atoms with Crippen molar-refractivity contribution in [2.75, 3.05) is 12.4 Å². The highest BCUT2D eigenvalue weighted by molar-refractivity contribution is 6.33. The Morgan fingerprint density at radius 3 is 2.95 bits per heavy atom. The third-order valence-corrected chi connectivity index (χ3v) is 4.13. The van der Waals surface area contributed by atoms with E-state index < -0.39 is 0 Å². The molecule has 1 fully saturated rings. The molecule has 0 aromatic carbocycles. The Morgan fingerprint density at radius 2 is 2.32 bits per heavy atom. The molecule has 2 rings (SSSR count). The molecular formula is C14H20ClN3O. The summed E-state index contributed by atoms with van der Waals surface area (Å²) in [6.45, 7) is 4.22. The average molecular weight is 282 g/mol. The van der Waals surface area contributed by atoms with Gasteiger partial charge < -0.3 is 10.2 Å². The quantitative estimate of drug-likeness (QED) is 0.925. The lowest BCUT2D eigenvalue weighted by Crippen LogP contribution is -2.39. The number of amides is 1. The van der Waals surface area contributed by atoms with Crippen molar-refractivity contribution < 1.29 is 4.79 Å². The number of carbonyl (C=O) groups is 1. The molecule has 1 aromatic heterocycles. The first-order valence-electron chi connectivity index (χ1n) is 6.74. The number of carbonyl (C=O) groups excluding carboxylic acids is 1. The van der Waals surface area contributed by atoms with Crippen LogP contribution in [-0.2, 0) is 0 Å². The van der Waals surface area contributed by atoms with Crippen molar-refractivity contribution in [2.24, 2.45) is 0 Å². The lowest BCUT2D eigenvalue weighted by Gasteiger charge is -2.28. The molecule has 2 atom stereocenters. The molecule has 104 valence electrons. The van der Waals surface area contributed by atoms with Gasteiger partial charge in [0, 0.05) is 25.3 Å². The Kier molecular flexibility index (Phi) is 4.30. The largest absolute Gasteiger partial charge is 0.373 e. The van der Waals surface area contributed by atoms with E-state index in [1.54, 1.807) is 13.1 Å². The van der Waals surface area contributed by atoms with Gasteiger partial charge in [-0.25, -0.2) is 4.98 Å². The summed E-state index contributed by atoms with van der Waals surface area (Å²) in [6, 6.07) is 2.33. The standard InChI is InChI=1S/C14H20ClN3O/c1-4-10-6-5-9(2)18(10)14(19)11-7-13(16-3)17-8-12(11)15/h7-10H,4-6H2,1-3H3,(H,16,17). The molecule has 4 nitrogen and oxygen atoms in total. The summed E-state index contributed by atoms with van der Waals surface area (Å²) in [5, 5.41) is 3.35. The van der Waals surface area contributed by atoms with E-state index in [-0.39, 0.29) is 11.9 Å². The van der Waals surface area contributed by atoms with Crippen LogP contribution in [0.2, 0.25) is 5.02 Å². The monoisotopic (exact) mass is 281 g/mol. The van der Waals surface area contributed by atoms with Gasteiger partial charge in [-0.2, -0.15) is 0 Å². The molecule has 0 spiro atoms. The second-order valence-corrected chi connectivity index (χ2v) is 5.41. The van der Waals surface area contributed by atoms with Crippen molar-refractivity contribution >= 4 is 23.3 Å². The first-order valence-corrected chi connectivity index (χ1v) is 7.12. The summed E-state index contributed by atoms with van der Waals surface area (Å²) in [6.07, 6.45) is 4.65. The molecule has 2 heterocycles. The number of hydrogen-bond donors (Lipinski definition) is 1. The van der Waals surface area contributed by atoms with E-state index >= 15 is 0 Å². The number of anilines is 1. The fourth-order valence-electron chi connectivity index (χ4n) is 2.72. The van der Waals surface area contributed by atoms with E-state index in [2.05, 4.69) is 24.1 Å². The second-order valence-electron chi connectivity index (χ2n) is 5.00. The number of rotatable bonds is 3. The summed E-state index contributed by atoms with van der Waals surface area (Å²) in [5.74, 6) is 0.674. The molecule has 2 unspecified atom stereocenters. The zero-order chi connectivity index (χ0) is 14.0. The van der Waals surface area contributed by atoms with E-state index in [4.69, 9.17) is 11.6 Å². The molecule has 1 saturated heterocycles. The third kappa shape index (κ3) is 2.68. The van der Waals surface area contributed by atoms with Crippen molar-refractivity contribution in [3.63, 3.8) is 0 Å². The van der Waals surface area contributed by atoms with Gasteiger partial charge in [0.15, 0.2) is 0 Å². The molecule has 0 radical (unpaired) electrons. The van der Waals surface area contributed by atoms with E-state index in [9.17, 15) is 4.79 Å². The predicted octanol–water partition coefficient (Wildman–Crippen LogP) is 3.18. The molecule has 1 aliphatic rings. The van der Waals surface area contributed by atoms with Gasteiger partial charge in [0.05, 0.1) is 10.6 Å². The van der Waals surface area contributed by atoms with Gasteiger partial charge in [0.2, 0.25) is 0 Å². The lowest BCUT2D eigenvalue weighted by molar-refractivity contribution is 0.0676. The van der Waals surface area contributed by atoms with Crippen LogP contribution in [0.3, 0.4) is 0 Å². The summed E-state index contributed by atoms with van der Waals surface area (Å²) >= 11 is 6.13. The van der Waals surface area contributed by atoms with E-state index in [0.717, 1.165) is 19.3 Å². The van der Waals surface area contributed by atoms with Crippen LogP contribution in [-0.4, -0.2) is 34.9 Å². The fourth-order valence-corrected chi connectivity index (χ4v) is 2.90. The van der Waals surface area contributed by atoms with Crippen molar-refractivity contribution in [1.29, 1.82) is 0 Å². The maximum atomic E-state index is 12.7. The zero-order valence-corrected chi connectivity index (χ0v) is 12.4. The second kappa shape index (κ2) is 5.78. The van der Waals surface area contributed by atoms with Crippen LogP contribution in [0.1, 0.15) is 43.5 Å². The van der Waals surface area contributed by atoms with Gasteiger partial charge in [0.25, 0.3) is 5.91 Å². The Bertz CT molecular complexity index is 478. The molecular weight excluding hydrogens is 262 g/mol. The maximum absolute atomic E-state index is 12.7. The molecule has 19 heavy (non-hydrogen) atoms. The molecule has 1 amide bonds. The van der Waals surface area contributed by atoms with Crippen LogP contribution in [0, 0.1) is 0 Å². The Hall–Kier alpha value is -1.29. The minimum Gasteiger partial charge on any atom is -0.373 e. The zero-order valence-electron chi connectivity index (χ0n) is 11.6. The summed E-state index contributed by atoms with van der Waals surface area (Å²) in [5.41, 5.74) is 0.535. The molecule has 0 saturated carbocycles. The highest BCUT2D eigenvalue weighted by Crippen LogP contribution is 2.30. The van der Waals surface area contributed by atoms with Crippen LogP contribution >= 0.6 is 11.6 Å². The predicted molar refractivity (Wildman–Crippen MR) is 77.7 cm³/mol. The van der Waals surface area contributed by atoms with Crippen LogP contribution < -0.4 is 5.32 Å². The van der Waals surface area contributed by atoms with Gasteiger partial charge in [-0.05, 0) is 32.3 Å². The Balaban J connectivity index is 2.33. The summed E-state index contributed by atoms with van der Waals surface area (Å²) in [4.78, 5) is 18.8. The summed E-state index contributed by atoms with van der Waals surface area (Å²) < 4.78 is 0. The number of nitrogens with one attached hydrogen (secondary N) is 1. The smallest absolute Gasteiger partial charge is 0.256 e. The van der Waals surface area contributed by atoms with Crippen molar-refractivity contribution in [3.8, 4) is 0 Å².